The minimum absolute atomic E-state index is 0.151. The van der Waals surface area contributed by atoms with Crippen LogP contribution in [0.1, 0.15) is 89.7 Å². The van der Waals surface area contributed by atoms with Gasteiger partial charge in [-0.2, -0.15) is 0 Å². The number of aromatic nitrogens is 5. The molecule has 11 aromatic rings. The van der Waals surface area contributed by atoms with Crippen molar-refractivity contribution in [2.24, 2.45) is 0 Å². The van der Waals surface area contributed by atoms with Gasteiger partial charge in [-0.25, -0.2) is 15.0 Å². The van der Waals surface area contributed by atoms with Gasteiger partial charge in [-0.1, -0.05) is 164 Å². The molecule has 5 aromatic heterocycles. The summed E-state index contributed by atoms with van der Waals surface area (Å²) in [5, 5.41) is 0. The van der Waals surface area contributed by atoms with Gasteiger partial charge < -0.3 is 0 Å². The second kappa shape index (κ2) is 14.8. The van der Waals surface area contributed by atoms with E-state index in [4.69, 9.17) is 24.9 Å². The average Bonchev–Trinajstić information content (AvgIpc) is 3.45. The molecule has 0 saturated carbocycles. The van der Waals surface area contributed by atoms with E-state index in [1.54, 1.807) is 0 Å². The Kier molecular flexibility index (Phi) is 8.26. The van der Waals surface area contributed by atoms with E-state index >= 15 is 0 Å². The minimum Gasteiger partial charge on any atom is -0.255 e. The largest absolute Gasteiger partial charge is 0.255 e. The van der Waals surface area contributed by atoms with Crippen LogP contribution in [0.4, 0.5) is 0 Å². The molecule has 0 fully saturated rings. The lowest BCUT2D eigenvalue weighted by Crippen LogP contribution is -2.43. The molecule has 6 aliphatic carbocycles. The monoisotopic (exact) mass is 891 g/mol. The lowest BCUT2D eigenvalue weighted by Gasteiger charge is -2.51. The van der Waals surface area contributed by atoms with Gasteiger partial charge >= 0.3 is 0 Å². The molecule has 4 bridgehead atoms. The summed E-state index contributed by atoms with van der Waals surface area (Å²) >= 11 is 0. The summed E-state index contributed by atoms with van der Waals surface area (Å²) in [6.45, 7) is 0. The number of rotatable bonds is 6. The van der Waals surface area contributed by atoms with E-state index in [1.165, 1.54) is 66.8 Å². The Bertz CT molecular complexity index is 3450. The van der Waals surface area contributed by atoms with Crippen molar-refractivity contribution in [3.63, 3.8) is 0 Å². The minimum atomic E-state index is -0.619. The van der Waals surface area contributed by atoms with Crippen LogP contribution in [0, 0.1) is 0 Å². The molecule has 0 N–H and O–H groups in total. The van der Waals surface area contributed by atoms with Crippen LogP contribution in [0.5, 0.6) is 0 Å². The molecule has 6 aliphatic rings. The maximum absolute atomic E-state index is 5.57. The van der Waals surface area contributed by atoms with Crippen molar-refractivity contribution in [2.45, 2.75) is 22.7 Å². The van der Waals surface area contributed by atoms with E-state index in [1.807, 2.05) is 48.8 Å². The second-order valence-corrected chi connectivity index (χ2v) is 19.0. The summed E-state index contributed by atoms with van der Waals surface area (Å²) < 4.78 is 0. The van der Waals surface area contributed by atoms with Crippen LogP contribution in [-0.2, 0) is 10.8 Å². The van der Waals surface area contributed by atoms with E-state index in [0.29, 0.717) is 0 Å². The fourth-order valence-electron chi connectivity index (χ4n) is 13.1. The summed E-state index contributed by atoms with van der Waals surface area (Å²) in [5.41, 5.74) is 23.0. The average molecular weight is 892 g/mol. The number of nitrogens with zero attached hydrogens (tertiary/aromatic N) is 5. The Balaban J connectivity index is 0.977. The van der Waals surface area contributed by atoms with Gasteiger partial charge in [0.15, 0.2) is 0 Å². The van der Waals surface area contributed by atoms with Crippen molar-refractivity contribution >= 4 is 0 Å². The van der Waals surface area contributed by atoms with Gasteiger partial charge in [0, 0.05) is 24.2 Å². The van der Waals surface area contributed by atoms with Crippen LogP contribution in [-0.4, -0.2) is 24.9 Å². The third-order valence-electron chi connectivity index (χ3n) is 15.7. The Morgan fingerprint density at radius 1 is 0.243 bits per heavy atom. The van der Waals surface area contributed by atoms with E-state index in [9.17, 15) is 0 Å². The van der Waals surface area contributed by atoms with Crippen LogP contribution >= 0.6 is 0 Å². The maximum Gasteiger partial charge on any atom is 0.0897 e. The first-order valence-electron chi connectivity index (χ1n) is 24.1. The molecule has 6 aromatic carbocycles. The van der Waals surface area contributed by atoms with E-state index < -0.39 is 10.8 Å². The summed E-state index contributed by atoms with van der Waals surface area (Å²) in [6.07, 6.45) is 3.69. The molecule has 0 unspecified atom stereocenters. The van der Waals surface area contributed by atoms with Crippen LogP contribution < -0.4 is 0 Å². The smallest absolute Gasteiger partial charge is 0.0897 e. The molecule has 326 valence electrons. The number of benzene rings is 6. The Morgan fingerprint density at radius 3 is 0.800 bits per heavy atom. The maximum atomic E-state index is 5.57. The Hall–Kier alpha value is -8.93. The first-order valence-corrected chi connectivity index (χ1v) is 24.1. The fraction of sp³-hybridized carbons (Fsp3) is 0.0615. The summed E-state index contributed by atoms with van der Waals surface area (Å²) in [7, 11) is 0. The SMILES string of the molecule is c1ccc(-c2cc(C34c5ccccc5C(c5ccccc53)c3ccccc34)cc(-c3cccc(-c4cc(C56c7ccccc7C(c7ccccc75)c5ccccc56)cc(-c5ccccn5)n4)n3)n2)nc1. The lowest BCUT2D eigenvalue weighted by atomic mass is 9.51. The van der Waals surface area contributed by atoms with E-state index in [0.717, 1.165) is 56.7 Å². The molecule has 0 atom stereocenters. The molecule has 0 spiro atoms. The van der Waals surface area contributed by atoms with Crippen molar-refractivity contribution in [1.82, 2.24) is 24.9 Å². The molecule has 0 radical (unpaired) electrons. The van der Waals surface area contributed by atoms with Gasteiger partial charge in [0.25, 0.3) is 0 Å². The highest BCUT2D eigenvalue weighted by Gasteiger charge is 2.54. The molecule has 5 heterocycles. The van der Waals surface area contributed by atoms with Crippen molar-refractivity contribution < 1.29 is 0 Å². The van der Waals surface area contributed by atoms with Crippen LogP contribution in [0.25, 0.3) is 45.6 Å². The third kappa shape index (κ3) is 5.23. The van der Waals surface area contributed by atoms with Crippen molar-refractivity contribution in [3.05, 3.63) is 315 Å². The van der Waals surface area contributed by atoms with Gasteiger partial charge in [-0.15, -0.1) is 0 Å². The van der Waals surface area contributed by atoms with Gasteiger partial charge in [-0.05, 0) is 139 Å². The molecule has 5 nitrogen and oxygen atoms in total. The molecule has 17 rings (SSSR count). The molecule has 0 aliphatic heterocycles. The second-order valence-electron chi connectivity index (χ2n) is 19.0. The summed E-state index contributed by atoms with van der Waals surface area (Å²) in [6, 6.07) is 81.6. The van der Waals surface area contributed by atoms with E-state index in [2.05, 4.69) is 188 Å². The van der Waals surface area contributed by atoms with Gasteiger partial charge in [-0.3, -0.25) is 9.97 Å². The van der Waals surface area contributed by atoms with Crippen molar-refractivity contribution in [1.29, 1.82) is 0 Å². The van der Waals surface area contributed by atoms with Gasteiger partial charge in [0.1, 0.15) is 0 Å². The molecule has 0 amide bonds. The third-order valence-corrected chi connectivity index (χ3v) is 15.7. The zero-order chi connectivity index (χ0) is 46.0. The zero-order valence-electron chi connectivity index (χ0n) is 37.9. The van der Waals surface area contributed by atoms with Crippen LogP contribution in [0.3, 0.4) is 0 Å². The first kappa shape index (κ1) is 39.1. The normalized spacial score (nSPS) is 19.3. The van der Waals surface area contributed by atoms with E-state index in [-0.39, 0.29) is 11.8 Å². The van der Waals surface area contributed by atoms with Crippen LogP contribution in [0.2, 0.25) is 0 Å². The fourth-order valence-corrected chi connectivity index (χ4v) is 13.1. The molecule has 5 heteroatoms. The predicted molar refractivity (Wildman–Crippen MR) is 276 cm³/mol. The lowest BCUT2D eigenvalue weighted by molar-refractivity contribution is 0.629. The summed E-state index contributed by atoms with van der Waals surface area (Å²) in [5.74, 6) is 0.302. The summed E-state index contributed by atoms with van der Waals surface area (Å²) in [4.78, 5) is 26.3. The number of pyridine rings is 5. The number of hydrogen-bond acceptors (Lipinski definition) is 5. The first-order chi connectivity index (χ1) is 34.7. The molecule has 0 saturated heterocycles. The zero-order valence-corrected chi connectivity index (χ0v) is 37.9. The molecular formula is C65H41N5. The molecule has 70 heavy (non-hydrogen) atoms. The van der Waals surface area contributed by atoms with Crippen LogP contribution in [0.15, 0.2) is 237 Å². The Labute approximate surface area is 406 Å². The highest BCUT2D eigenvalue weighted by atomic mass is 14.9. The molecular weight excluding hydrogens is 851 g/mol. The highest BCUT2D eigenvalue weighted by molar-refractivity contribution is 5.81. The van der Waals surface area contributed by atoms with Crippen molar-refractivity contribution in [3.8, 4) is 45.6 Å². The van der Waals surface area contributed by atoms with Gasteiger partial charge in [0.05, 0.1) is 56.4 Å². The van der Waals surface area contributed by atoms with Crippen molar-refractivity contribution in [2.75, 3.05) is 0 Å². The number of hydrogen-bond donors (Lipinski definition) is 0. The highest BCUT2D eigenvalue weighted by Crippen LogP contribution is 2.63. The standard InChI is InChI=1S/C65H41N5/c1-7-24-48-42(18-1)62-43-19-2-8-25-49(43)64(48,50-26-9-3-20-44(50)62)40-36-58(54-30-13-15-34-66-54)69-60(38-40)56-32-17-33-57(68-56)61-39-41(37-59(70-61)55-31-14-16-35-67-55)65-51-27-10-4-21-45(51)63(46-22-5-11-28-52(46)65)47-23-6-12-29-53(47)65/h1-39,62-63H. The van der Waals surface area contributed by atoms with Gasteiger partial charge in [0.2, 0.25) is 0 Å². The predicted octanol–water partition coefficient (Wildman–Crippen LogP) is 13.7. The Morgan fingerprint density at radius 2 is 0.500 bits per heavy atom. The topological polar surface area (TPSA) is 64.5 Å². The quantitative estimate of drug-likeness (QED) is 0.166.